The van der Waals surface area contributed by atoms with E-state index < -0.39 is 12.1 Å². The lowest BCUT2D eigenvalue weighted by atomic mass is 10.0. The number of allylic oxidation sites excluding steroid dienone is 3. The molecular weight excluding hydrogens is 554 g/mol. The van der Waals surface area contributed by atoms with Crippen LogP contribution in [0, 0.1) is 0 Å². The molecule has 0 saturated carbocycles. The Hall–Kier alpha value is -1.13. The van der Waals surface area contributed by atoms with Gasteiger partial charge in [0.25, 0.3) is 0 Å². The van der Waals surface area contributed by atoms with Crippen LogP contribution in [0.4, 0.5) is 0 Å². The van der Waals surface area contributed by atoms with Crippen LogP contribution < -0.4 is 5.32 Å². The van der Waals surface area contributed by atoms with Crippen molar-refractivity contribution >= 4 is 5.91 Å². The number of aliphatic hydroxyl groups is 2. The van der Waals surface area contributed by atoms with E-state index in [9.17, 15) is 15.0 Å². The molecule has 0 radical (unpaired) electrons. The predicted octanol–water partition coefficient (Wildman–Crippen LogP) is 12.1. The summed E-state index contributed by atoms with van der Waals surface area (Å²) in [5, 5.41) is 22.9. The molecule has 3 N–H and O–H groups in total. The van der Waals surface area contributed by atoms with Gasteiger partial charge in [0, 0.05) is 6.42 Å². The summed E-state index contributed by atoms with van der Waals surface area (Å²) in [6, 6.07) is -0.633. The maximum absolute atomic E-state index is 12.3. The van der Waals surface area contributed by atoms with Gasteiger partial charge in [-0.25, -0.2) is 0 Å². The van der Waals surface area contributed by atoms with E-state index in [0.717, 1.165) is 32.1 Å². The Balaban J connectivity index is 3.62. The molecular formula is C41H79NO3. The SMILES string of the molecule is CCCCCCCCCCCCC/C=C/CC/C=C/C(O)C(CO)NC(=O)CCCCCCCCCCCCCCCCCC. The summed E-state index contributed by atoms with van der Waals surface area (Å²) in [6.07, 6.45) is 47.0. The molecule has 0 aromatic heterocycles. The predicted molar refractivity (Wildman–Crippen MR) is 198 cm³/mol. The van der Waals surface area contributed by atoms with Gasteiger partial charge in [0.1, 0.15) is 0 Å². The summed E-state index contributed by atoms with van der Waals surface area (Å²) < 4.78 is 0. The molecule has 0 aliphatic carbocycles. The number of rotatable bonds is 36. The number of carbonyl (C=O) groups excluding carboxylic acids is 1. The third-order valence-corrected chi connectivity index (χ3v) is 9.19. The topological polar surface area (TPSA) is 69.6 Å². The van der Waals surface area contributed by atoms with Gasteiger partial charge in [-0.2, -0.15) is 0 Å². The van der Waals surface area contributed by atoms with Crippen LogP contribution in [0.15, 0.2) is 24.3 Å². The summed E-state index contributed by atoms with van der Waals surface area (Å²) in [5.41, 5.74) is 0. The molecule has 4 heteroatoms. The monoisotopic (exact) mass is 634 g/mol. The number of carbonyl (C=O) groups is 1. The molecule has 0 heterocycles. The van der Waals surface area contributed by atoms with Gasteiger partial charge in [-0.05, 0) is 32.1 Å². The molecule has 0 rings (SSSR count). The van der Waals surface area contributed by atoms with Crippen LogP contribution in [0.1, 0.15) is 213 Å². The summed E-state index contributed by atoms with van der Waals surface area (Å²) in [4.78, 5) is 12.3. The first-order chi connectivity index (χ1) is 22.2. The van der Waals surface area contributed by atoms with Crippen molar-refractivity contribution in [2.45, 2.75) is 225 Å². The summed E-state index contributed by atoms with van der Waals surface area (Å²) in [7, 11) is 0. The molecule has 0 aromatic rings. The minimum atomic E-state index is -0.856. The fourth-order valence-electron chi connectivity index (χ4n) is 6.08. The molecule has 1 amide bonds. The molecule has 0 bridgehead atoms. The van der Waals surface area contributed by atoms with Crippen molar-refractivity contribution < 1.29 is 15.0 Å². The van der Waals surface area contributed by atoms with Crippen molar-refractivity contribution in [3.8, 4) is 0 Å². The Kier molecular flexibility index (Phi) is 36.4. The van der Waals surface area contributed by atoms with E-state index in [1.807, 2.05) is 6.08 Å². The Bertz CT molecular complexity index is 647. The van der Waals surface area contributed by atoms with Crippen molar-refractivity contribution in [1.82, 2.24) is 5.32 Å². The molecule has 2 atom stereocenters. The van der Waals surface area contributed by atoms with E-state index in [1.165, 1.54) is 161 Å². The van der Waals surface area contributed by atoms with Crippen LogP contribution in [-0.4, -0.2) is 34.9 Å². The maximum atomic E-state index is 12.3. The van der Waals surface area contributed by atoms with E-state index >= 15 is 0 Å². The second-order valence-corrected chi connectivity index (χ2v) is 13.7. The van der Waals surface area contributed by atoms with Gasteiger partial charge in [-0.15, -0.1) is 0 Å². The largest absolute Gasteiger partial charge is 0.394 e. The standard InChI is InChI=1S/C41H79NO3/c1-3-5-7-9-11-13-15-17-19-21-22-24-26-28-30-32-34-36-40(44)39(38-43)42-41(45)37-35-33-31-29-27-25-23-20-18-16-14-12-10-8-6-4-2/h26,28,34,36,39-40,43-44H,3-25,27,29-33,35,37-38H2,1-2H3,(H,42,45)/b28-26+,36-34+. The summed E-state index contributed by atoms with van der Waals surface area (Å²) in [6.45, 7) is 4.30. The highest BCUT2D eigenvalue weighted by molar-refractivity contribution is 5.76. The highest BCUT2D eigenvalue weighted by Gasteiger charge is 2.17. The maximum Gasteiger partial charge on any atom is 0.220 e. The number of amides is 1. The van der Waals surface area contributed by atoms with E-state index in [2.05, 4.69) is 31.3 Å². The van der Waals surface area contributed by atoms with E-state index in [4.69, 9.17) is 0 Å². The number of unbranched alkanes of at least 4 members (excludes halogenated alkanes) is 27. The molecule has 2 unspecified atom stereocenters. The van der Waals surface area contributed by atoms with Crippen LogP contribution in [-0.2, 0) is 4.79 Å². The highest BCUT2D eigenvalue weighted by Crippen LogP contribution is 2.15. The molecule has 0 aliphatic rings. The van der Waals surface area contributed by atoms with Crippen LogP contribution in [0.2, 0.25) is 0 Å². The molecule has 266 valence electrons. The first-order valence-electron chi connectivity index (χ1n) is 20.1. The number of hydrogen-bond acceptors (Lipinski definition) is 3. The van der Waals surface area contributed by atoms with Gasteiger partial charge >= 0.3 is 0 Å². The van der Waals surface area contributed by atoms with Crippen molar-refractivity contribution in [3.05, 3.63) is 24.3 Å². The average molecular weight is 634 g/mol. The van der Waals surface area contributed by atoms with Gasteiger partial charge < -0.3 is 15.5 Å². The minimum absolute atomic E-state index is 0.0720. The van der Waals surface area contributed by atoms with Crippen LogP contribution in [0.25, 0.3) is 0 Å². The minimum Gasteiger partial charge on any atom is -0.394 e. The highest BCUT2D eigenvalue weighted by atomic mass is 16.3. The lowest BCUT2D eigenvalue weighted by Gasteiger charge is -2.19. The molecule has 45 heavy (non-hydrogen) atoms. The van der Waals surface area contributed by atoms with Gasteiger partial charge in [0.05, 0.1) is 18.8 Å². The van der Waals surface area contributed by atoms with Crippen LogP contribution in [0.5, 0.6) is 0 Å². The molecule has 4 nitrogen and oxygen atoms in total. The lowest BCUT2D eigenvalue weighted by Crippen LogP contribution is -2.45. The van der Waals surface area contributed by atoms with Crippen molar-refractivity contribution in [2.75, 3.05) is 6.61 Å². The number of hydrogen-bond donors (Lipinski definition) is 3. The van der Waals surface area contributed by atoms with Gasteiger partial charge in [0.2, 0.25) is 5.91 Å². The lowest BCUT2D eigenvalue weighted by molar-refractivity contribution is -0.123. The Labute approximate surface area is 281 Å². The number of nitrogens with one attached hydrogen (secondary N) is 1. The normalized spacial score (nSPS) is 13.2. The molecule has 0 spiro atoms. The van der Waals surface area contributed by atoms with E-state index in [-0.39, 0.29) is 12.5 Å². The zero-order valence-electron chi connectivity index (χ0n) is 30.4. The molecule has 0 aliphatic heterocycles. The molecule has 0 saturated heterocycles. The zero-order valence-corrected chi connectivity index (χ0v) is 30.4. The van der Waals surface area contributed by atoms with Crippen LogP contribution >= 0.6 is 0 Å². The third kappa shape index (κ3) is 34.0. The number of aliphatic hydroxyl groups excluding tert-OH is 2. The van der Waals surface area contributed by atoms with Crippen molar-refractivity contribution in [3.63, 3.8) is 0 Å². The fourth-order valence-corrected chi connectivity index (χ4v) is 6.08. The van der Waals surface area contributed by atoms with E-state index in [1.54, 1.807) is 6.08 Å². The Morgan fingerprint density at radius 2 is 0.867 bits per heavy atom. The van der Waals surface area contributed by atoms with Gasteiger partial charge in [0.15, 0.2) is 0 Å². The molecule has 0 fully saturated rings. The second kappa shape index (κ2) is 37.3. The fraction of sp³-hybridized carbons (Fsp3) is 0.878. The first kappa shape index (κ1) is 43.9. The van der Waals surface area contributed by atoms with Crippen molar-refractivity contribution in [2.24, 2.45) is 0 Å². The van der Waals surface area contributed by atoms with Gasteiger partial charge in [-0.3, -0.25) is 4.79 Å². The second-order valence-electron chi connectivity index (χ2n) is 13.7. The Morgan fingerprint density at radius 1 is 0.511 bits per heavy atom. The Morgan fingerprint density at radius 3 is 1.29 bits per heavy atom. The smallest absolute Gasteiger partial charge is 0.220 e. The first-order valence-corrected chi connectivity index (χ1v) is 20.1. The average Bonchev–Trinajstić information content (AvgIpc) is 3.04. The van der Waals surface area contributed by atoms with E-state index in [0.29, 0.717) is 6.42 Å². The quantitative estimate of drug-likeness (QED) is 0.0475. The molecule has 0 aromatic carbocycles. The summed E-state index contributed by atoms with van der Waals surface area (Å²) in [5.74, 6) is -0.0720. The van der Waals surface area contributed by atoms with Crippen LogP contribution in [0.3, 0.4) is 0 Å². The zero-order chi connectivity index (χ0) is 32.9. The summed E-state index contributed by atoms with van der Waals surface area (Å²) >= 11 is 0. The van der Waals surface area contributed by atoms with Crippen molar-refractivity contribution in [1.29, 1.82) is 0 Å². The van der Waals surface area contributed by atoms with Gasteiger partial charge in [-0.1, -0.05) is 199 Å². The third-order valence-electron chi connectivity index (χ3n) is 9.19.